The van der Waals surface area contributed by atoms with Gasteiger partial charge in [0.15, 0.2) is 0 Å². The number of nitrogens with zero attached hydrogens (tertiary/aromatic N) is 1. The Kier molecular flexibility index (Phi) is 4.80. The van der Waals surface area contributed by atoms with Crippen molar-refractivity contribution < 1.29 is 14.7 Å². The van der Waals surface area contributed by atoms with Crippen LogP contribution in [0.2, 0.25) is 0 Å². The third kappa shape index (κ3) is 3.33. The molecule has 0 aliphatic heterocycles. The number of nitrogens with one attached hydrogen (secondary N) is 1. The minimum absolute atomic E-state index is 0.0219. The van der Waals surface area contributed by atoms with Crippen molar-refractivity contribution in [3.05, 3.63) is 65.4 Å². The van der Waals surface area contributed by atoms with Gasteiger partial charge in [-0.2, -0.15) is 0 Å². The number of aromatic amines is 1. The molecule has 0 aliphatic rings. The zero-order valence-corrected chi connectivity index (χ0v) is 15.1. The number of H-pyrrole nitrogens is 1. The molecular formula is C21H22N2O3. The van der Waals surface area contributed by atoms with Gasteiger partial charge in [-0.15, -0.1) is 0 Å². The van der Waals surface area contributed by atoms with E-state index in [9.17, 15) is 14.7 Å². The van der Waals surface area contributed by atoms with Crippen LogP contribution < -0.4 is 4.90 Å². The van der Waals surface area contributed by atoms with Gasteiger partial charge in [0.2, 0.25) is 5.91 Å². The van der Waals surface area contributed by atoms with Crippen molar-refractivity contribution in [3.8, 4) is 0 Å². The summed E-state index contributed by atoms with van der Waals surface area (Å²) in [6, 6.07) is 15.2. The molecule has 0 saturated heterocycles. The van der Waals surface area contributed by atoms with E-state index in [0.717, 1.165) is 16.6 Å². The number of fused-ring (bicyclic) bond motifs is 1. The van der Waals surface area contributed by atoms with Gasteiger partial charge in [-0.25, -0.2) is 4.79 Å². The molecule has 0 fully saturated rings. The van der Waals surface area contributed by atoms with E-state index in [1.54, 1.807) is 11.9 Å². The lowest BCUT2D eigenvalue weighted by Gasteiger charge is -2.18. The molecule has 0 unspecified atom stereocenters. The third-order valence-electron chi connectivity index (χ3n) is 4.68. The van der Waals surface area contributed by atoms with Crippen LogP contribution in [0, 0.1) is 0 Å². The summed E-state index contributed by atoms with van der Waals surface area (Å²) in [7, 11) is 1.71. The Balaban J connectivity index is 1.88. The predicted molar refractivity (Wildman–Crippen MR) is 103 cm³/mol. The lowest BCUT2D eigenvalue weighted by atomic mass is 10.0. The molecule has 2 aromatic carbocycles. The number of carboxylic acid groups (broad SMARTS) is 1. The van der Waals surface area contributed by atoms with Crippen LogP contribution in [-0.4, -0.2) is 29.0 Å². The second-order valence-electron chi connectivity index (χ2n) is 6.71. The smallest absolute Gasteiger partial charge is 0.352 e. The Bertz CT molecular complexity index is 955. The number of carbonyl (C=O) groups is 2. The van der Waals surface area contributed by atoms with Crippen LogP contribution in [0.15, 0.2) is 48.5 Å². The number of benzene rings is 2. The highest BCUT2D eigenvalue weighted by Crippen LogP contribution is 2.25. The fourth-order valence-electron chi connectivity index (χ4n) is 3.06. The lowest BCUT2D eigenvalue weighted by molar-refractivity contribution is -0.117. The second kappa shape index (κ2) is 7.04. The fourth-order valence-corrected chi connectivity index (χ4v) is 3.06. The first-order valence-electron chi connectivity index (χ1n) is 8.58. The number of aromatic carboxylic acids is 1. The van der Waals surface area contributed by atoms with Crippen molar-refractivity contribution in [2.75, 3.05) is 11.9 Å². The monoisotopic (exact) mass is 350 g/mol. The Morgan fingerprint density at radius 2 is 1.73 bits per heavy atom. The van der Waals surface area contributed by atoms with E-state index in [4.69, 9.17) is 0 Å². The van der Waals surface area contributed by atoms with Crippen LogP contribution in [0.3, 0.4) is 0 Å². The quantitative estimate of drug-likeness (QED) is 0.724. The van der Waals surface area contributed by atoms with E-state index < -0.39 is 5.97 Å². The summed E-state index contributed by atoms with van der Waals surface area (Å²) in [5.74, 6) is -0.795. The molecule has 5 nitrogen and oxygen atoms in total. The maximum atomic E-state index is 12.8. The van der Waals surface area contributed by atoms with Gasteiger partial charge < -0.3 is 15.0 Å². The van der Waals surface area contributed by atoms with Crippen LogP contribution in [0.5, 0.6) is 0 Å². The summed E-state index contributed by atoms with van der Waals surface area (Å²) in [5, 5.41) is 10.2. The molecule has 5 heteroatoms. The van der Waals surface area contributed by atoms with Crippen LogP contribution in [0.25, 0.3) is 10.9 Å². The van der Waals surface area contributed by atoms with Crippen LogP contribution in [0.1, 0.15) is 41.4 Å². The minimum Gasteiger partial charge on any atom is -0.477 e. The molecule has 0 saturated carbocycles. The molecule has 1 heterocycles. The summed E-state index contributed by atoms with van der Waals surface area (Å²) in [6.07, 6.45) is 0.0219. The highest BCUT2D eigenvalue weighted by Gasteiger charge is 2.21. The van der Waals surface area contributed by atoms with Gasteiger partial charge in [-0.3, -0.25) is 4.79 Å². The normalized spacial score (nSPS) is 11.1. The van der Waals surface area contributed by atoms with Gasteiger partial charge in [-0.1, -0.05) is 44.2 Å². The van der Waals surface area contributed by atoms with Gasteiger partial charge >= 0.3 is 5.97 Å². The van der Waals surface area contributed by atoms with E-state index in [0.29, 0.717) is 11.5 Å². The van der Waals surface area contributed by atoms with Crippen molar-refractivity contribution in [3.63, 3.8) is 0 Å². The molecular weight excluding hydrogens is 328 g/mol. The highest BCUT2D eigenvalue weighted by molar-refractivity contribution is 6.02. The zero-order valence-electron chi connectivity index (χ0n) is 15.1. The minimum atomic E-state index is -1.06. The van der Waals surface area contributed by atoms with Crippen molar-refractivity contribution in [1.29, 1.82) is 0 Å². The Morgan fingerprint density at radius 1 is 1.08 bits per heavy atom. The number of para-hydroxylation sites is 1. The number of likely N-dealkylation sites (N-methyl/N-ethyl adjacent to an activating group) is 1. The average molecular weight is 350 g/mol. The average Bonchev–Trinajstić information content (AvgIpc) is 3.00. The molecule has 1 aromatic heterocycles. The summed E-state index contributed by atoms with van der Waals surface area (Å²) in [5.41, 5.74) is 3.30. The zero-order chi connectivity index (χ0) is 18.8. The number of hydrogen-bond acceptors (Lipinski definition) is 2. The number of rotatable bonds is 5. The van der Waals surface area contributed by atoms with Gasteiger partial charge in [0.05, 0.1) is 6.42 Å². The maximum Gasteiger partial charge on any atom is 0.352 e. The van der Waals surface area contributed by atoms with Gasteiger partial charge in [-0.05, 0) is 29.7 Å². The van der Waals surface area contributed by atoms with E-state index in [2.05, 4.69) is 18.8 Å². The Morgan fingerprint density at radius 3 is 2.35 bits per heavy atom. The van der Waals surface area contributed by atoms with Crippen LogP contribution in [0.4, 0.5) is 5.69 Å². The van der Waals surface area contributed by atoms with Crippen LogP contribution in [-0.2, 0) is 11.2 Å². The molecule has 1 amide bonds. The first-order valence-corrected chi connectivity index (χ1v) is 8.58. The van der Waals surface area contributed by atoms with Crippen molar-refractivity contribution >= 4 is 28.5 Å². The molecule has 0 aliphatic carbocycles. The van der Waals surface area contributed by atoms with E-state index in [1.165, 1.54) is 5.56 Å². The first kappa shape index (κ1) is 17.7. The molecule has 3 aromatic rings. The van der Waals surface area contributed by atoms with E-state index in [-0.39, 0.29) is 18.0 Å². The second-order valence-corrected chi connectivity index (χ2v) is 6.71. The van der Waals surface area contributed by atoms with Crippen LogP contribution >= 0.6 is 0 Å². The predicted octanol–water partition coefficient (Wildman–Crippen LogP) is 4.20. The standard InChI is InChI=1S/C21H22N2O3/c1-13(2)14-8-10-15(11-9-14)23(3)19(24)12-17-16-6-4-5-7-18(16)22-20(17)21(25)26/h4-11,13,22H,12H2,1-3H3,(H,25,26). The number of carboxylic acids is 1. The van der Waals surface area contributed by atoms with Gasteiger partial charge in [0, 0.05) is 29.2 Å². The Hall–Kier alpha value is -3.08. The van der Waals surface area contributed by atoms with E-state index in [1.807, 2.05) is 48.5 Å². The summed E-state index contributed by atoms with van der Waals surface area (Å²) < 4.78 is 0. The largest absolute Gasteiger partial charge is 0.477 e. The molecule has 26 heavy (non-hydrogen) atoms. The summed E-state index contributed by atoms with van der Waals surface area (Å²) >= 11 is 0. The maximum absolute atomic E-state index is 12.8. The molecule has 3 rings (SSSR count). The molecule has 2 N–H and O–H groups in total. The number of carbonyl (C=O) groups excluding carboxylic acids is 1. The van der Waals surface area contributed by atoms with Crippen molar-refractivity contribution in [1.82, 2.24) is 4.98 Å². The summed E-state index contributed by atoms with van der Waals surface area (Å²) in [4.78, 5) is 28.8. The number of anilines is 1. The number of hydrogen-bond donors (Lipinski definition) is 2. The number of amides is 1. The van der Waals surface area contributed by atoms with Crippen molar-refractivity contribution in [2.45, 2.75) is 26.2 Å². The lowest BCUT2D eigenvalue weighted by Crippen LogP contribution is -2.28. The van der Waals surface area contributed by atoms with E-state index >= 15 is 0 Å². The molecule has 0 radical (unpaired) electrons. The first-order chi connectivity index (χ1) is 12.4. The molecule has 0 atom stereocenters. The molecule has 0 bridgehead atoms. The molecule has 0 spiro atoms. The van der Waals surface area contributed by atoms with Crippen molar-refractivity contribution in [2.24, 2.45) is 0 Å². The fraction of sp³-hybridized carbons (Fsp3) is 0.238. The molecule has 134 valence electrons. The highest BCUT2D eigenvalue weighted by atomic mass is 16.4. The SMILES string of the molecule is CC(C)c1ccc(N(C)C(=O)Cc2c(C(=O)O)[nH]c3ccccc23)cc1. The number of aromatic nitrogens is 1. The van der Waals surface area contributed by atoms with Gasteiger partial charge in [0.1, 0.15) is 5.69 Å². The summed E-state index contributed by atoms with van der Waals surface area (Å²) in [6.45, 7) is 4.24. The topological polar surface area (TPSA) is 73.4 Å². The third-order valence-corrected chi connectivity index (χ3v) is 4.68. The van der Waals surface area contributed by atoms with Gasteiger partial charge in [0.25, 0.3) is 0 Å². The Labute approximate surface area is 152 Å².